The van der Waals surface area contributed by atoms with Gasteiger partial charge in [-0.3, -0.25) is 0 Å². The zero-order valence-electron chi connectivity index (χ0n) is 13.5. The number of hydrogen-bond acceptors (Lipinski definition) is 5. The molecule has 0 unspecified atom stereocenters. The van der Waals surface area contributed by atoms with Crippen LogP contribution in [0, 0.1) is 0 Å². The van der Waals surface area contributed by atoms with Gasteiger partial charge in [-0.1, -0.05) is 11.6 Å². The number of carbonyl (C=O) groups excluding carboxylic acids is 1. The van der Waals surface area contributed by atoms with Crippen LogP contribution >= 0.6 is 11.6 Å². The van der Waals surface area contributed by atoms with Gasteiger partial charge in [-0.05, 0) is 39.7 Å². The molecule has 0 bridgehead atoms. The predicted octanol–water partition coefficient (Wildman–Crippen LogP) is 2.97. The first-order valence-corrected chi connectivity index (χ1v) is 7.83. The molecule has 2 rings (SSSR count). The molecular weight excluding hydrogens is 304 g/mol. The number of likely N-dealkylation sites (N-methyl/N-ethyl adjacent to an activating group) is 1. The summed E-state index contributed by atoms with van der Waals surface area (Å²) in [5.74, 6) is 0.606. The van der Waals surface area contributed by atoms with E-state index >= 15 is 0 Å². The number of carbonyl (C=O) groups is 1. The molecule has 7 heteroatoms. The molecule has 22 heavy (non-hydrogen) atoms. The summed E-state index contributed by atoms with van der Waals surface area (Å²) in [5.41, 5.74) is -0.490. The van der Waals surface area contributed by atoms with E-state index in [4.69, 9.17) is 16.3 Å². The Bertz CT molecular complexity index is 533. The van der Waals surface area contributed by atoms with Gasteiger partial charge in [0.05, 0.1) is 6.04 Å². The minimum Gasteiger partial charge on any atom is -0.444 e. The van der Waals surface area contributed by atoms with Crippen LogP contribution in [0.4, 0.5) is 10.7 Å². The highest BCUT2D eigenvalue weighted by Crippen LogP contribution is 2.21. The van der Waals surface area contributed by atoms with Gasteiger partial charge in [0.15, 0.2) is 0 Å². The molecule has 0 aromatic carbocycles. The van der Waals surface area contributed by atoms with Crippen LogP contribution in [0.5, 0.6) is 0 Å². The van der Waals surface area contributed by atoms with Gasteiger partial charge < -0.3 is 14.5 Å². The topological polar surface area (TPSA) is 58.6 Å². The van der Waals surface area contributed by atoms with E-state index in [0.29, 0.717) is 17.6 Å². The SMILES string of the molecule is CN(C(=O)OC(C)(C)C)[C@H]1CCCN(c2nccc(Cl)n2)C1. The average Bonchev–Trinajstić information content (AvgIpc) is 2.45. The minimum atomic E-state index is -0.490. The molecule has 1 fully saturated rings. The van der Waals surface area contributed by atoms with Gasteiger partial charge in [0.2, 0.25) is 5.95 Å². The van der Waals surface area contributed by atoms with E-state index in [-0.39, 0.29) is 12.1 Å². The molecule has 1 aliphatic rings. The van der Waals surface area contributed by atoms with Crippen molar-refractivity contribution < 1.29 is 9.53 Å². The Morgan fingerprint density at radius 1 is 1.50 bits per heavy atom. The Labute approximate surface area is 136 Å². The van der Waals surface area contributed by atoms with E-state index in [2.05, 4.69) is 14.9 Å². The maximum Gasteiger partial charge on any atom is 0.410 e. The number of nitrogens with zero attached hydrogens (tertiary/aromatic N) is 4. The van der Waals surface area contributed by atoms with Crippen molar-refractivity contribution in [2.45, 2.75) is 45.3 Å². The van der Waals surface area contributed by atoms with Crippen LogP contribution in [0.15, 0.2) is 12.3 Å². The Morgan fingerprint density at radius 3 is 2.86 bits per heavy atom. The molecule has 1 atom stereocenters. The van der Waals surface area contributed by atoms with E-state index in [0.717, 1.165) is 19.4 Å². The average molecular weight is 327 g/mol. The normalized spacial score (nSPS) is 19.0. The summed E-state index contributed by atoms with van der Waals surface area (Å²) < 4.78 is 5.43. The van der Waals surface area contributed by atoms with Gasteiger partial charge >= 0.3 is 6.09 Å². The maximum absolute atomic E-state index is 12.2. The number of piperidine rings is 1. The lowest BCUT2D eigenvalue weighted by atomic mass is 10.1. The van der Waals surface area contributed by atoms with E-state index in [1.165, 1.54) is 0 Å². The second-order valence-corrected chi connectivity index (χ2v) is 6.90. The molecule has 2 heterocycles. The number of hydrogen-bond donors (Lipinski definition) is 0. The third kappa shape index (κ3) is 4.47. The van der Waals surface area contributed by atoms with Crippen molar-refractivity contribution in [2.75, 3.05) is 25.0 Å². The Kier molecular flexibility index (Phi) is 5.11. The van der Waals surface area contributed by atoms with Gasteiger partial charge in [-0.25, -0.2) is 14.8 Å². The highest BCUT2D eigenvalue weighted by Gasteiger charge is 2.30. The smallest absolute Gasteiger partial charge is 0.410 e. The van der Waals surface area contributed by atoms with Crippen molar-refractivity contribution >= 4 is 23.6 Å². The summed E-state index contributed by atoms with van der Waals surface area (Å²) in [6.45, 7) is 7.14. The molecule has 0 radical (unpaired) electrons. The van der Waals surface area contributed by atoms with Gasteiger partial charge in [-0.2, -0.15) is 0 Å². The van der Waals surface area contributed by atoms with E-state index < -0.39 is 5.60 Å². The monoisotopic (exact) mass is 326 g/mol. The van der Waals surface area contributed by atoms with E-state index in [1.54, 1.807) is 24.2 Å². The highest BCUT2D eigenvalue weighted by atomic mass is 35.5. The Hall–Kier alpha value is -1.56. The van der Waals surface area contributed by atoms with Crippen molar-refractivity contribution in [3.8, 4) is 0 Å². The summed E-state index contributed by atoms with van der Waals surface area (Å²) in [5, 5.41) is 0.424. The molecule has 0 N–H and O–H groups in total. The lowest BCUT2D eigenvalue weighted by molar-refractivity contribution is 0.0209. The number of halogens is 1. The Balaban J connectivity index is 2.02. The fourth-order valence-corrected chi connectivity index (χ4v) is 2.55. The molecule has 1 aliphatic heterocycles. The fourth-order valence-electron chi connectivity index (χ4n) is 2.41. The van der Waals surface area contributed by atoms with E-state index in [1.807, 2.05) is 20.8 Å². The van der Waals surface area contributed by atoms with Gasteiger partial charge in [0, 0.05) is 26.3 Å². The minimum absolute atomic E-state index is 0.0752. The van der Waals surface area contributed by atoms with Crippen molar-refractivity contribution in [2.24, 2.45) is 0 Å². The van der Waals surface area contributed by atoms with Crippen LogP contribution in [0.1, 0.15) is 33.6 Å². The molecule has 1 aromatic rings. The number of amides is 1. The first-order chi connectivity index (χ1) is 10.3. The van der Waals surface area contributed by atoms with Crippen LogP contribution in [0.2, 0.25) is 5.15 Å². The first-order valence-electron chi connectivity index (χ1n) is 7.45. The zero-order valence-corrected chi connectivity index (χ0v) is 14.3. The summed E-state index contributed by atoms with van der Waals surface area (Å²) in [6.07, 6.45) is 3.25. The van der Waals surface area contributed by atoms with Crippen molar-refractivity contribution in [1.29, 1.82) is 0 Å². The molecule has 1 amide bonds. The molecule has 0 spiro atoms. The summed E-state index contributed by atoms with van der Waals surface area (Å²) in [4.78, 5) is 24.4. The molecule has 0 aliphatic carbocycles. The van der Waals surface area contributed by atoms with Crippen LogP contribution in [-0.2, 0) is 4.74 Å². The lowest BCUT2D eigenvalue weighted by Gasteiger charge is -2.38. The second kappa shape index (κ2) is 6.69. The third-order valence-corrected chi connectivity index (χ3v) is 3.73. The Morgan fingerprint density at radius 2 is 2.23 bits per heavy atom. The van der Waals surface area contributed by atoms with Crippen LogP contribution in [0.25, 0.3) is 0 Å². The van der Waals surface area contributed by atoms with Gasteiger partial charge in [0.1, 0.15) is 10.8 Å². The number of ether oxygens (including phenoxy) is 1. The summed E-state index contributed by atoms with van der Waals surface area (Å²) in [7, 11) is 1.78. The van der Waals surface area contributed by atoms with Gasteiger partial charge in [-0.15, -0.1) is 0 Å². The maximum atomic E-state index is 12.2. The van der Waals surface area contributed by atoms with Crippen LogP contribution in [0.3, 0.4) is 0 Å². The van der Waals surface area contributed by atoms with Crippen molar-refractivity contribution in [3.05, 3.63) is 17.4 Å². The number of aromatic nitrogens is 2. The standard InChI is InChI=1S/C15H23ClN4O2/c1-15(2,3)22-14(21)19(4)11-6-5-9-20(10-11)13-17-8-7-12(16)18-13/h7-8,11H,5-6,9-10H2,1-4H3/t11-/m0/s1. The van der Waals surface area contributed by atoms with E-state index in [9.17, 15) is 4.79 Å². The second-order valence-electron chi connectivity index (χ2n) is 6.51. The largest absolute Gasteiger partial charge is 0.444 e. The van der Waals surface area contributed by atoms with Crippen molar-refractivity contribution in [1.82, 2.24) is 14.9 Å². The molecule has 1 saturated heterocycles. The molecule has 1 aromatic heterocycles. The fraction of sp³-hybridized carbons (Fsp3) is 0.667. The summed E-state index contributed by atoms with van der Waals surface area (Å²) in [6, 6.07) is 1.73. The number of rotatable bonds is 2. The third-order valence-electron chi connectivity index (χ3n) is 3.52. The highest BCUT2D eigenvalue weighted by molar-refractivity contribution is 6.29. The zero-order chi connectivity index (χ0) is 16.3. The quantitative estimate of drug-likeness (QED) is 0.782. The summed E-state index contributed by atoms with van der Waals surface area (Å²) >= 11 is 5.92. The number of anilines is 1. The first kappa shape index (κ1) is 16.8. The van der Waals surface area contributed by atoms with Crippen LogP contribution < -0.4 is 4.90 Å². The van der Waals surface area contributed by atoms with Crippen molar-refractivity contribution in [3.63, 3.8) is 0 Å². The molecule has 0 saturated carbocycles. The lowest BCUT2D eigenvalue weighted by Crippen LogP contribution is -2.50. The van der Waals surface area contributed by atoms with Gasteiger partial charge in [0.25, 0.3) is 0 Å². The molecule has 122 valence electrons. The molecule has 6 nitrogen and oxygen atoms in total. The predicted molar refractivity (Wildman–Crippen MR) is 86.3 cm³/mol. The van der Waals surface area contributed by atoms with Crippen LogP contribution in [-0.4, -0.2) is 52.7 Å². The molecular formula is C15H23ClN4O2.